The first-order valence-electron chi connectivity index (χ1n) is 7.99. The van der Waals surface area contributed by atoms with E-state index in [1.807, 2.05) is 29.2 Å². The number of carbonyl (C=O) groups excluding carboxylic acids is 1. The van der Waals surface area contributed by atoms with Crippen LogP contribution in [0.1, 0.15) is 31.2 Å². The first-order chi connectivity index (χ1) is 10.3. The topological polar surface area (TPSA) is 38.8 Å². The molecule has 1 aromatic rings. The van der Waals surface area contributed by atoms with Gasteiger partial charge >= 0.3 is 0 Å². The summed E-state index contributed by atoms with van der Waals surface area (Å²) in [6.07, 6.45) is 5.15. The minimum atomic E-state index is -0.344. The molecular weight excluding hydrogens is 266 g/mol. The first-order valence-corrected chi connectivity index (χ1v) is 7.99. The van der Waals surface area contributed by atoms with Crippen molar-refractivity contribution in [1.29, 1.82) is 0 Å². The average Bonchev–Trinajstić information content (AvgIpc) is 2.97. The molecule has 3 unspecified atom stereocenters. The summed E-state index contributed by atoms with van der Waals surface area (Å²) < 4.78 is 11.7. The lowest BCUT2D eigenvalue weighted by atomic mass is 9.89. The third kappa shape index (κ3) is 2.31. The molecule has 0 N–H and O–H groups in total. The molecule has 3 atom stereocenters. The molecule has 4 heteroatoms. The van der Waals surface area contributed by atoms with Crippen LogP contribution < -0.4 is 4.74 Å². The van der Waals surface area contributed by atoms with Crippen LogP contribution in [0.2, 0.25) is 0 Å². The van der Waals surface area contributed by atoms with Crippen LogP contribution in [0, 0.1) is 0 Å². The minimum Gasteiger partial charge on any atom is -0.480 e. The normalized spacial score (nSPS) is 31.2. The van der Waals surface area contributed by atoms with Crippen molar-refractivity contribution in [1.82, 2.24) is 4.90 Å². The standard InChI is InChI=1S/C17H21NO3/c19-17(16-11-12-5-1-3-7-14(12)21-16)18-9-10-20-15-8-4-2-6-13(15)18/h1,3,5,7,13,15-16H,2,4,6,8-11H2. The summed E-state index contributed by atoms with van der Waals surface area (Å²) in [4.78, 5) is 14.9. The van der Waals surface area contributed by atoms with Gasteiger partial charge in [-0.1, -0.05) is 31.0 Å². The van der Waals surface area contributed by atoms with Crippen LogP contribution in [0.3, 0.4) is 0 Å². The van der Waals surface area contributed by atoms with E-state index in [1.165, 1.54) is 12.8 Å². The average molecular weight is 287 g/mol. The molecule has 4 nitrogen and oxygen atoms in total. The van der Waals surface area contributed by atoms with Crippen molar-refractivity contribution in [2.24, 2.45) is 0 Å². The van der Waals surface area contributed by atoms with Crippen molar-refractivity contribution in [2.45, 2.75) is 50.4 Å². The van der Waals surface area contributed by atoms with E-state index in [9.17, 15) is 4.79 Å². The number of rotatable bonds is 1. The van der Waals surface area contributed by atoms with E-state index in [2.05, 4.69) is 0 Å². The fraction of sp³-hybridized carbons (Fsp3) is 0.588. The van der Waals surface area contributed by atoms with Crippen molar-refractivity contribution in [3.05, 3.63) is 29.8 Å². The molecular formula is C17H21NO3. The number of hydrogen-bond acceptors (Lipinski definition) is 3. The highest BCUT2D eigenvalue weighted by atomic mass is 16.5. The van der Waals surface area contributed by atoms with Gasteiger partial charge in [-0.05, 0) is 24.5 Å². The van der Waals surface area contributed by atoms with Gasteiger partial charge < -0.3 is 14.4 Å². The number of hydrogen-bond donors (Lipinski definition) is 0. The summed E-state index contributed by atoms with van der Waals surface area (Å²) in [6, 6.07) is 8.21. The fourth-order valence-electron chi connectivity index (χ4n) is 3.87. The molecule has 2 fully saturated rings. The van der Waals surface area contributed by atoms with Crippen LogP contribution in [0.4, 0.5) is 0 Å². The molecule has 1 saturated carbocycles. The highest BCUT2D eigenvalue weighted by Crippen LogP contribution is 2.32. The molecule has 4 rings (SSSR count). The van der Waals surface area contributed by atoms with Crippen LogP contribution in [-0.2, 0) is 16.0 Å². The van der Waals surface area contributed by atoms with Gasteiger partial charge in [0.25, 0.3) is 5.91 Å². The van der Waals surface area contributed by atoms with Gasteiger partial charge in [-0.2, -0.15) is 0 Å². The predicted octanol–water partition coefficient (Wildman–Crippen LogP) is 2.16. The Morgan fingerprint density at radius 3 is 2.95 bits per heavy atom. The molecule has 3 aliphatic rings. The van der Waals surface area contributed by atoms with Crippen molar-refractivity contribution in [3.8, 4) is 5.75 Å². The van der Waals surface area contributed by atoms with Gasteiger partial charge in [0.15, 0.2) is 6.10 Å². The quantitative estimate of drug-likeness (QED) is 0.794. The maximum Gasteiger partial charge on any atom is 0.264 e. The molecule has 0 spiro atoms. The Labute approximate surface area is 125 Å². The van der Waals surface area contributed by atoms with Gasteiger partial charge in [0.05, 0.1) is 18.8 Å². The second-order valence-corrected chi connectivity index (χ2v) is 6.21. The summed E-state index contributed by atoms with van der Waals surface area (Å²) in [5, 5.41) is 0. The Kier molecular flexibility index (Phi) is 3.34. The van der Waals surface area contributed by atoms with Crippen LogP contribution in [-0.4, -0.2) is 42.2 Å². The van der Waals surface area contributed by atoms with Gasteiger partial charge in [-0.25, -0.2) is 0 Å². The zero-order valence-corrected chi connectivity index (χ0v) is 12.2. The van der Waals surface area contributed by atoms with Crippen molar-refractivity contribution >= 4 is 5.91 Å². The number of fused-ring (bicyclic) bond motifs is 2. The zero-order valence-electron chi connectivity index (χ0n) is 12.2. The second kappa shape index (κ2) is 5.34. The summed E-state index contributed by atoms with van der Waals surface area (Å²) in [6.45, 7) is 1.36. The largest absolute Gasteiger partial charge is 0.480 e. The Morgan fingerprint density at radius 1 is 1.19 bits per heavy atom. The van der Waals surface area contributed by atoms with Crippen LogP contribution in [0.5, 0.6) is 5.75 Å². The molecule has 1 amide bonds. The smallest absolute Gasteiger partial charge is 0.264 e. The fourth-order valence-corrected chi connectivity index (χ4v) is 3.87. The molecule has 112 valence electrons. The Balaban J connectivity index is 1.50. The molecule has 2 heterocycles. The number of morpholine rings is 1. The number of benzene rings is 1. The number of para-hydroxylation sites is 1. The lowest BCUT2D eigenvalue weighted by Gasteiger charge is -2.44. The van der Waals surface area contributed by atoms with Gasteiger partial charge in [0, 0.05) is 13.0 Å². The monoisotopic (exact) mass is 287 g/mol. The van der Waals surface area contributed by atoms with E-state index in [0.717, 1.165) is 24.2 Å². The Hall–Kier alpha value is -1.55. The summed E-state index contributed by atoms with van der Waals surface area (Å²) >= 11 is 0. The second-order valence-electron chi connectivity index (χ2n) is 6.21. The summed E-state index contributed by atoms with van der Waals surface area (Å²) in [5.74, 6) is 1.01. The number of carbonyl (C=O) groups is 1. The van der Waals surface area contributed by atoms with Crippen LogP contribution in [0.25, 0.3) is 0 Å². The van der Waals surface area contributed by atoms with Crippen molar-refractivity contribution in [2.75, 3.05) is 13.2 Å². The van der Waals surface area contributed by atoms with E-state index in [1.54, 1.807) is 0 Å². The van der Waals surface area contributed by atoms with E-state index < -0.39 is 0 Å². The van der Waals surface area contributed by atoms with E-state index >= 15 is 0 Å². The minimum absolute atomic E-state index is 0.145. The summed E-state index contributed by atoms with van der Waals surface area (Å²) in [7, 11) is 0. The Morgan fingerprint density at radius 2 is 2.05 bits per heavy atom. The number of amides is 1. The molecule has 1 aromatic carbocycles. The van der Waals surface area contributed by atoms with E-state index in [4.69, 9.17) is 9.47 Å². The van der Waals surface area contributed by atoms with E-state index in [0.29, 0.717) is 19.6 Å². The number of nitrogens with zero attached hydrogens (tertiary/aromatic N) is 1. The van der Waals surface area contributed by atoms with Gasteiger partial charge in [-0.3, -0.25) is 4.79 Å². The maximum absolute atomic E-state index is 12.9. The third-order valence-electron chi connectivity index (χ3n) is 4.94. The molecule has 0 radical (unpaired) electrons. The molecule has 0 bridgehead atoms. The lowest BCUT2D eigenvalue weighted by molar-refractivity contribution is -0.155. The molecule has 1 saturated heterocycles. The predicted molar refractivity (Wildman–Crippen MR) is 78.3 cm³/mol. The molecule has 0 aromatic heterocycles. The van der Waals surface area contributed by atoms with Crippen LogP contribution in [0.15, 0.2) is 24.3 Å². The van der Waals surface area contributed by atoms with Gasteiger partial charge in [0.2, 0.25) is 0 Å². The Bertz CT molecular complexity index is 518. The molecule has 1 aliphatic carbocycles. The third-order valence-corrected chi connectivity index (χ3v) is 4.94. The van der Waals surface area contributed by atoms with Crippen molar-refractivity contribution in [3.63, 3.8) is 0 Å². The molecule has 21 heavy (non-hydrogen) atoms. The van der Waals surface area contributed by atoms with Crippen LogP contribution >= 0.6 is 0 Å². The highest BCUT2D eigenvalue weighted by Gasteiger charge is 2.41. The highest BCUT2D eigenvalue weighted by molar-refractivity contribution is 5.83. The summed E-state index contributed by atoms with van der Waals surface area (Å²) in [5.41, 5.74) is 1.14. The SMILES string of the molecule is O=C(C1Cc2ccccc2O1)N1CCOC2CCCCC21. The lowest BCUT2D eigenvalue weighted by Crippen LogP contribution is -2.57. The van der Waals surface area contributed by atoms with Crippen molar-refractivity contribution < 1.29 is 14.3 Å². The number of ether oxygens (including phenoxy) is 2. The first kappa shape index (κ1) is 13.1. The van der Waals surface area contributed by atoms with E-state index in [-0.39, 0.29) is 24.2 Å². The van der Waals surface area contributed by atoms with Gasteiger partial charge in [0.1, 0.15) is 5.75 Å². The molecule has 2 aliphatic heterocycles. The maximum atomic E-state index is 12.9. The van der Waals surface area contributed by atoms with Gasteiger partial charge in [-0.15, -0.1) is 0 Å². The zero-order chi connectivity index (χ0) is 14.2.